The number of ether oxygens (including phenoxy) is 10. The Bertz CT molecular complexity index is 2430. The number of benzene rings is 2. The average molecular weight is 1120 g/mol. The second-order valence-electron chi connectivity index (χ2n) is 23.9. The van der Waals surface area contributed by atoms with Crippen LogP contribution in [0.15, 0.2) is 18.2 Å². The Morgan fingerprint density at radius 2 is 1.23 bits per heavy atom. The van der Waals surface area contributed by atoms with Crippen LogP contribution < -0.4 is 4.74 Å². The molecule has 2 aromatic carbocycles. The first-order valence-electron chi connectivity index (χ1n) is 26.6. The number of phenolic OH excluding ortho intramolecular Hbond substituents is 2. The maximum Gasteiger partial charge on any atom is 0.203 e. The van der Waals surface area contributed by atoms with Gasteiger partial charge >= 0.3 is 0 Å². The van der Waals surface area contributed by atoms with Crippen molar-refractivity contribution in [1.29, 1.82) is 0 Å². The molecule has 0 radical (unpaired) electrons. The lowest BCUT2D eigenvalue weighted by Gasteiger charge is -2.50. The molecular formula is C54H82O24. The molecule has 5 saturated heterocycles. The maximum absolute atomic E-state index is 15.0. The summed E-state index contributed by atoms with van der Waals surface area (Å²) < 4.78 is 61.7. The van der Waals surface area contributed by atoms with Crippen molar-refractivity contribution in [2.45, 2.75) is 254 Å². The van der Waals surface area contributed by atoms with Crippen LogP contribution in [0.25, 0.3) is 10.8 Å². The van der Waals surface area contributed by atoms with Gasteiger partial charge in [0.15, 0.2) is 36.7 Å². The van der Waals surface area contributed by atoms with Gasteiger partial charge in [0, 0.05) is 50.0 Å². The Hall–Kier alpha value is -3.32. The van der Waals surface area contributed by atoms with Crippen molar-refractivity contribution in [3.63, 3.8) is 0 Å². The van der Waals surface area contributed by atoms with Crippen LogP contribution in [-0.4, -0.2) is 213 Å². The number of phenols is 2. The Kier molecular flexibility index (Phi) is 18.5. The molecular weight excluding hydrogens is 1030 g/mol. The fraction of sp³-hybridized carbons (Fsp3) is 0.778. The lowest BCUT2D eigenvalue weighted by atomic mass is 9.72. The number of ketones is 2. The number of fused-ring (bicyclic) bond motifs is 2. The number of aliphatic hydroxyl groups excluding tert-OH is 8. The fourth-order valence-electron chi connectivity index (χ4n) is 11.9. The molecule has 8 rings (SSSR count). The molecule has 0 spiro atoms. The largest absolute Gasteiger partial charge is 0.507 e. The van der Waals surface area contributed by atoms with E-state index in [2.05, 4.69) is 0 Å². The smallest absolute Gasteiger partial charge is 0.203 e. The van der Waals surface area contributed by atoms with Crippen LogP contribution in [0.2, 0.25) is 0 Å². The van der Waals surface area contributed by atoms with E-state index in [9.17, 15) is 65.8 Å². The number of aliphatic hydroxyl groups is 9. The summed E-state index contributed by atoms with van der Waals surface area (Å²) in [6, 6.07) is 4.27. The summed E-state index contributed by atoms with van der Waals surface area (Å²) in [5.41, 5.74) is -5.35. The summed E-state index contributed by atoms with van der Waals surface area (Å²) >= 11 is 0. The molecule has 24 heteroatoms. The van der Waals surface area contributed by atoms with E-state index in [0.717, 1.165) is 0 Å². The molecule has 442 valence electrons. The van der Waals surface area contributed by atoms with E-state index in [-0.39, 0.29) is 71.6 Å². The lowest BCUT2D eigenvalue weighted by Crippen LogP contribution is -2.62. The first-order valence-corrected chi connectivity index (χ1v) is 26.6. The van der Waals surface area contributed by atoms with Gasteiger partial charge in [0.1, 0.15) is 60.0 Å². The van der Waals surface area contributed by atoms with Crippen LogP contribution in [0.1, 0.15) is 124 Å². The van der Waals surface area contributed by atoms with Crippen molar-refractivity contribution in [3.8, 4) is 17.2 Å². The predicted molar refractivity (Wildman–Crippen MR) is 270 cm³/mol. The molecule has 78 heavy (non-hydrogen) atoms. The van der Waals surface area contributed by atoms with Gasteiger partial charge < -0.3 is 109 Å². The molecule has 13 N–H and O–H groups in total. The monoisotopic (exact) mass is 1110 g/mol. The van der Waals surface area contributed by atoms with Crippen molar-refractivity contribution in [3.05, 3.63) is 29.3 Å². The maximum atomic E-state index is 15.0. The van der Waals surface area contributed by atoms with Crippen LogP contribution in [0.4, 0.5) is 0 Å². The van der Waals surface area contributed by atoms with Gasteiger partial charge in [-0.1, -0.05) is 6.92 Å². The Morgan fingerprint density at radius 1 is 0.679 bits per heavy atom. The third-order valence-electron chi connectivity index (χ3n) is 16.4. The first kappa shape index (κ1) is 62.3. The minimum absolute atomic E-state index is 0. The molecule has 6 aliphatic rings. The Morgan fingerprint density at radius 3 is 1.82 bits per heavy atom. The molecule has 22 unspecified atom stereocenters. The highest BCUT2D eigenvalue weighted by atomic mass is 16.7. The molecule has 22 atom stereocenters. The number of Topliss-reactive ketones (excluding diaryl/α,β-unsaturated/α-hetero) is 2. The van der Waals surface area contributed by atoms with Gasteiger partial charge in [-0.25, -0.2) is 0 Å². The SMILES string of the molecule is CC(O)C(O)C(=O)C(C)C1Cc2cc3cc(OC4CC(OC5CC(O)C(O)C(C)O5)C(O)C(C)(C)O4)cc(O)c3c(O)c2C(=O)C1OC1CC(OC2CC(O)C(OC3CC(C)(O)C(O)C(C)O3)C(C)(C)O2)C(O)C(C)(C)O1.O. The summed E-state index contributed by atoms with van der Waals surface area (Å²) in [5.74, 6) is -4.82. The van der Waals surface area contributed by atoms with E-state index in [1.54, 1.807) is 61.5 Å². The number of hydrogen-bond acceptors (Lipinski definition) is 23. The second-order valence-corrected chi connectivity index (χ2v) is 23.9. The van der Waals surface area contributed by atoms with Gasteiger partial charge in [0.05, 0.1) is 76.1 Å². The summed E-state index contributed by atoms with van der Waals surface area (Å²) in [7, 11) is 0. The fourth-order valence-corrected chi connectivity index (χ4v) is 11.9. The minimum Gasteiger partial charge on any atom is -0.507 e. The third kappa shape index (κ3) is 12.5. The van der Waals surface area contributed by atoms with Gasteiger partial charge in [0.25, 0.3) is 0 Å². The second kappa shape index (κ2) is 23.1. The summed E-state index contributed by atoms with van der Waals surface area (Å²) in [5, 5.41) is 121. The molecule has 5 fully saturated rings. The van der Waals surface area contributed by atoms with E-state index in [4.69, 9.17) is 47.4 Å². The normalized spacial score (nSPS) is 40.7. The van der Waals surface area contributed by atoms with Gasteiger partial charge in [-0.2, -0.15) is 0 Å². The molecule has 0 saturated carbocycles. The standard InChI is InChI=1S/C54H80O23.H2O/c1-21(41(59)42(60)22(2)55)28-14-26-12-25-13-27(70-36-18-32(48(65)51(5,6)75-36)71-34-16-30(57)43(61)23(3)68-34)15-29(56)39(25)44(62)40(26)45(63)46(28)73-37-19-33(49(66)52(7,8)76-37)72-35-17-31(58)50(53(9,10)77-35)74-38-20-54(11,67)47(64)24(4)69-38;/h12-13,15,21-24,28,30-38,42-43,46-50,55-58,60-62,64-67H,14,16-20H2,1-11H3;1H2. The third-order valence-corrected chi connectivity index (χ3v) is 16.4. The van der Waals surface area contributed by atoms with E-state index >= 15 is 0 Å². The molecule has 0 amide bonds. The topological polar surface area (TPSA) is 380 Å². The summed E-state index contributed by atoms with van der Waals surface area (Å²) in [6.45, 7) is 17.1. The number of rotatable bonds is 14. The van der Waals surface area contributed by atoms with Crippen molar-refractivity contribution >= 4 is 22.3 Å². The van der Waals surface area contributed by atoms with Gasteiger partial charge in [-0.3, -0.25) is 9.59 Å². The van der Waals surface area contributed by atoms with Gasteiger partial charge in [-0.05, 0) is 98.7 Å². The van der Waals surface area contributed by atoms with Crippen LogP contribution in [-0.2, 0) is 53.8 Å². The van der Waals surface area contributed by atoms with E-state index < -0.39 is 174 Å². The van der Waals surface area contributed by atoms with Crippen molar-refractivity contribution in [1.82, 2.24) is 0 Å². The average Bonchev–Trinajstić information content (AvgIpc) is 3.37. The summed E-state index contributed by atoms with van der Waals surface area (Å²) in [6.07, 6.45) is -22.6. The predicted octanol–water partition coefficient (Wildman–Crippen LogP) is 0.409. The quantitative estimate of drug-likeness (QED) is 0.122. The zero-order valence-electron chi connectivity index (χ0n) is 45.9. The minimum atomic E-state index is -1.83. The molecule has 2 aromatic rings. The molecule has 0 aromatic heterocycles. The van der Waals surface area contributed by atoms with Crippen molar-refractivity contribution in [2.75, 3.05) is 0 Å². The number of carbonyl (C=O) groups is 2. The Balaban J connectivity index is 0.00000882. The molecule has 5 heterocycles. The Labute approximate surface area is 452 Å². The van der Waals surface area contributed by atoms with Crippen molar-refractivity contribution in [2.24, 2.45) is 11.8 Å². The van der Waals surface area contributed by atoms with Gasteiger partial charge in [-0.15, -0.1) is 0 Å². The lowest BCUT2D eigenvalue weighted by molar-refractivity contribution is -0.361. The van der Waals surface area contributed by atoms with Crippen LogP contribution >= 0.6 is 0 Å². The van der Waals surface area contributed by atoms with Crippen LogP contribution in [0, 0.1) is 11.8 Å². The zero-order valence-corrected chi connectivity index (χ0v) is 45.9. The van der Waals surface area contributed by atoms with Crippen LogP contribution in [0.5, 0.6) is 17.2 Å². The van der Waals surface area contributed by atoms with Crippen molar-refractivity contribution < 1.29 is 119 Å². The summed E-state index contributed by atoms with van der Waals surface area (Å²) in [4.78, 5) is 28.8. The number of carbonyl (C=O) groups excluding carboxylic acids is 2. The molecule has 0 bridgehead atoms. The number of aromatic hydroxyl groups is 2. The van der Waals surface area contributed by atoms with Gasteiger partial charge in [0.2, 0.25) is 6.29 Å². The van der Waals surface area contributed by atoms with Crippen LogP contribution in [0.3, 0.4) is 0 Å². The van der Waals surface area contributed by atoms with E-state index in [1.165, 1.54) is 32.9 Å². The van der Waals surface area contributed by atoms with E-state index in [0.29, 0.717) is 0 Å². The van der Waals surface area contributed by atoms with E-state index in [1.807, 2.05) is 0 Å². The number of hydrogen-bond donors (Lipinski definition) is 11. The molecule has 24 nitrogen and oxygen atoms in total. The zero-order chi connectivity index (χ0) is 56.8. The highest BCUT2D eigenvalue weighted by Crippen LogP contribution is 2.47. The highest BCUT2D eigenvalue weighted by molar-refractivity contribution is 6.11. The molecule has 5 aliphatic heterocycles. The molecule has 1 aliphatic carbocycles. The highest BCUT2D eigenvalue weighted by Gasteiger charge is 2.54. The first-order chi connectivity index (χ1) is 35.7.